The lowest BCUT2D eigenvalue weighted by Gasteiger charge is -2.28. The molecule has 1 aromatic carbocycles. The van der Waals surface area contributed by atoms with Crippen molar-refractivity contribution >= 4 is 17.9 Å². The highest BCUT2D eigenvalue weighted by molar-refractivity contribution is 6.30. The Hall–Kier alpha value is -1.68. The number of unbranched alkanes of at least 4 members (excludes halogenated alkanes) is 1. The summed E-state index contributed by atoms with van der Waals surface area (Å²) in [5.74, 6) is 0. The molecule has 1 aromatic heterocycles. The maximum Gasteiger partial charge on any atom is 0.137 e. The summed E-state index contributed by atoms with van der Waals surface area (Å²) >= 11 is 5.94. The van der Waals surface area contributed by atoms with Crippen LogP contribution in [0.4, 0.5) is 0 Å². The van der Waals surface area contributed by atoms with Crippen LogP contribution in [-0.4, -0.2) is 21.1 Å². The number of rotatable bonds is 7. The van der Waals surface area contributed by atoms with Crippen molar-refractivity contribution < 1.29 is 4.79 Å². The molecule has 1 unspecified atom stereocenters. The molecule has 0 saturated heterocycles. The lowest BCUT2D eigenvalue weighted by atomic mass is 9.77. The van der Waals surface area contributed by atoms with E-state index >= 15 is 0 Å². The van der Waals surface area contributed by atoms with Gasteiger partial charge < -0.3 is 4.79 Å². The van der Waals surface area contributed by atoms with Crippen molar-refractivity contribution in [1.82, 2.24) is 14.8 Å². The van der Waals surface area contributed by atoms with E-state index in [4.69, 9.17) is 11.6 Å². The molecule has 2 rings (SSSR count). The van der Waals surface area contributed by atoms with Gasteiger partial charge in [0.2, 0.25) is 0 Å². The number of carbonyl (C=O) groups is 1. The highest BCUT2D eigenvalue weighted by atomic mass is 35.5. The van der Waals surface area contributed by atoms with E-state index in [1.165, 1.54) is 6.33 Å². The molecule has 1 atom stereocenters. The predicted octanol–water partition coefficient (Wildman–Crippen LogP) is 3.26. The molecular formula is C15H18ClN3O. The summed E-state index contributed by atoms with van der Waals surface area (Å²) in [5, 5.41) is 4.79. The van der Waals surface area contributed by atoms with Crippen LogP contribution in [0.25, 0.3) is 0 Å². The zero-order valence-electron chi connectivity index (χ0n) is 11.5. The van der Waals surface area contributed by atoms with Gasteiger partial charge in [0.05, 0.1) is 12.0 Å². The minimum absolute atomic E-state index is 0.498. The average molecular weight is 292 g/mol. The van der Waals surface area contributed by atoms with E-state index < -0.39 is 5.41 Å². The Kier molecular flexibility index (Phi) is 4.90. The summed E-state index contributed by atoms with van der Waals surface area (Å²) < 4.78 is 1.71. The molecule has 0 amide bonds. The highest BCUT2D eigenvalue weighted by Gasteiger charge is 2.32. The van der Waals surface area contributed by atoms with Crippen LogP contribution >= 0.6 is 11.6 Å². The minimum Gasteiger partial charge on any atom is -0.302 e. The summed E-state index contributed by atoms with van der Waals surface area (Å²) in [4.78, 5) is 15.8. The van der Waals surface area contributed by atoms with E-state index in [1.807, 2.05) is 24.3 Å². The maximum atomic E-state index is 11.8. The quantitative estimate of drug-likeness (QED) is 0.736. The molecule has 1 heterocycles. The maximum absolute atomic E-state index is 11.8. The molecule has 0 N–H and O–H groups in total. The minimum atomic E-state index is -0.575. The zero-order valence-corrected chi connectivity index (χ0v) is 12.3. The van der Waals surface area contributed by atoms with Gasteiger partial charge in [0.1, 0.15) is 18.9 Å². The second-order valence-corrected chi connectivity index (χ2v) is 5.41. The van der Waals surface area contributed by atoms with Crippen LogP contribution in [0.15, 0.2) is 36.9 Å². The predicted molar refractivity (Wildman–Crippen MR) is 78.7 cm³/mol. The Balaban J connectivity index is 2.35. The van der Waals surface area contributed by atoms with Crippen molar-refractivity contribution in [2.75, 3.05) is 0 Å². The van der Waals surface area contributed by atoms with E-state index in [0.717, 1.165) is 31.1 Å². The molecule has 0 radical (unpaired) electrons. The van der Waals surface area contributed by atoms with E-state index in [9.17, 15) is 4.79 Å². The fourth-order valence-corrected chi connectivity index (χ4v) is 2.48. The number of nitrogens with zero attached hydrogens (tertiary/aromatic N) is 3. The van der Waals surface area contributed by atoms with Gasteiger partial charge in [-0.3, -0.25) is 4.68 Å². The molecule has 0 aliphatic heterocycles. The Morgan fingerprint density at radius 2 is 2.10 bits per heavy atom. The largest absolute Gasteiger partial charge is 0.302 e. The summed E-state index contributed by atoms with van der Waals surface area (Å²) in [6.45, 7) is 2.62. The van der Waals surface area contributed by atoms with Gasteiger partial charge in [-0.25, -0.2) is 4.98 Å². The first-order chi connectivity index (χ1) is 9.70. The topological polar surface area (TPSA) is 47.8 Å². The van der Waals surface area contributed by atoms with Gasteiger partial charge in [-0.1, -0.05) is 43.5 Å². The summed E-state index contributed by atoms with van der Waals surface area (Å²) in [5.41, 5.74) is 0.398. The number of carbonyl (C=O) groups excluding carboxylic acids is 1. The van der Waals surface area contributed by atoms with Crippen molar-refractivity contribution in [3.63, 3.8) is 0 Å². The fraction of sp³-hybridized carbons (Fsp3) is 0.400. The number of aldehydes is 1. The molecule has 5 heteroatoms. The molecule has 0 fully saturated rings. The van der Waals surface area contributed by atoms with Gasteiger partial charge >= 0.3 is 0 Å². The van der Waals surface area contributed by atoms with Crippen molar-refractivity contribution in [3.8, 4) is 0 Å². The van der Waals surface area contributed by atoms with Gasteiger partial charge in [-0.2, -0.15) is 5.10 Å². The number of hydrogen-bond acceptors (Lipinski definition) is 3. The number of hydrogen-bond donors (Lipinski definition) is 0. The van der Waals surface area contributed by atoms with Crippen molar-refractivity contribution in [2.45, 2.75) is 38.1 Å². The monoisotopic (exact) mass is 291 g/mol. The third kappa shape index (κ3) is 3.25. The van der Waals surface area contributed by atoms with Crippen molar-refractivity contribution in [1.29, 1.82) is 0 Å². The molecule has 2 aromatic rings. The van der Waals surface area contributed by atoms with Crippen LogP contribution in [0.5, 0.6) is 0 Å². The third-order valence-electron chi connectivity index (χ3n) is 3.53. The van der Waals surface area contributed by atoms with Gasteiger partial charge in [0.15, 0.2) is 0 Å². The smallest absolute Gasteiger partial charge is 0.137 e. The van der Waals surface area contributed by atoms with E-state index in [1.54, 1.807) is 11.0 Å². The Bertz CT molecular complexity index is 539. The lowest BCUT2D eigenvalue weighted by molar-refractivity contribution is -0.113. The van der Waals surface area contributed by atoms with Crippen LogP contribution in [-0.2, 0) is 16.8 Å². The van der Waals surface area contributed by atoms with Crippen molar-refractivity contribution in [2.24, 2.45) is 0 Å². The van der Waals surface area contributed by atoms with Crippen molar-refractivity contribution in [3.05, 3.63) is 47.5 Å². The first kappa shape index (κ1) is 14.7. The zero-order chi connectivity index (χ0) is 14.4. The molecule has 106 valence electrons. The lowest BCUT2D eigenvalue weighted by Crippen LogP contribution is -2.34. The molecule has 4 nitrogen and oxygen atoms in total. The first-order valence-corrected chi connectivity index (χ1v) is 7.13. The molecule has 0 spiro atoms. The van der Waals surface area contributed by atoms with Crippen LogP contribution < -0.4 is 0 Å². The van der Waals surface area contributed by atoms with E-state index in [0.29, 0.717) is 11.6 Å². The summed E-state index contributed by atoms with van der Waals surface area (Å²) in [7, 11) is 0. The second-order valence-electron chi connectivity index (χ2n) is 4.98. The summed E-state index contributed by atoms with van der Waals surface area (Å²) in [6.07, 6.45) is 6.97. The van der Waals surface area contributed by atoms with Crippen LogP contribution in [0, 0.1) is 0 Å². The average Bonchev–Trinajstić information content (AvgIpc) is 2.97. The summed E-state index contributed by atoms with van der Waals surface area (Å²) in [6, 6.07) is 7.48. The van der Waals surface area contributed by atoms with Gasteiger partial charge in [-0.05, 0) is 24.1 Å². The molecule has 0 bridgehead atoms. The van der Waals surface area contributed by atoms with Crippen LogP contribution in [0.3, 0.4) is 0 Å². The number of benzene rings is 1. The van der Waals surface area contributed by atoms with E-state index in [2.05, 4.69) is 17.0 Å². The van der Waals surface area contributed by atoms with Crippen LogP contribution in [0.2, 0.25) is 5.02 Å². The van der Waals surface area contributed by atoms with Gasteiger partial charge in [-0.15, -0.1) is 0 Å². The molecule has 0 aliphatic rings. The molecule has 20 heavy (non-hydrogen) atoms. The Morgan fingerprint density at radius 3 is 2.65 bits per heavy atom. The first-order valence-electron chi connectivity index (χ1n) is 6.75. The molecular weight excluding hydrogens is 274 g/mol. The third-order valence-corrected chi connectivity index (χ3v) is 3.78. The normalized spacial score (nSPS) is 13.9. The Labute approximate surface area is 123 Å². The van der Waals surface area contributed by atoms with Gasteiger partial charge in [0, 0.05) is 5.02 Å². The number of halogens is 1. The number of aromatic nitrogens is 3. The van der Waals surface area contributed by atoms with E-state index in [-0.39, 0.29) is 0 Å². The molecule has 0 aliphatic carbocycles. The standard InChI is InChI=1S/C15H18ClN3O/c1-2-3-8-15(10-20,9-19-12-17-11-18-19)13-4-6-14(16)7-5-13/h4-7,10-12H,2-3,8-9H2,1H3. The Morgan fingerprint density at radius 1 is 1.35 bits per heavy atom. The highest BCUT2D eigenvalue weighted by Crippen LogP contribution is 2.30. The second kappa shape index (κ2) is 6.66. The van der Waals surface area contributed by atoms with Gasteiger partial charge in [0.25, 0.3) is 0 Å². The van der Waals surface area contributed by atoms with Crippen LogP contribution in [0.1, 0.15) is 31.7 Å². The SMILES string of the molecule is CCCCC(C=O)(Cn1cncn1)c1ccc(Cl)cc1. The fourth-order valence-electron chi connectivity index (χ4n) is 2.36. The molecule has 0 saturated carbocycles.